The summed E-state index contributed by atoms with van der Waals surface area (Å²) in [6, 6.07) is 12.7. The zero-order chi connectivity index (χ0) is 13.9. The van der Waals surface area contributed by atoms with Gasteiger partial charge >= 0.3 is 0 Å². The molecule has 100 valence electrons. The summed E-state index contributed by atoms with van der Waals surface area (Å²) >= 11 is 0. The van der Waals surface area contributed by atoms with Gasteiger partial charge in [-0.1, -0.05) is 6.07 Å². The van der Waals surface area contributed by atoms with Gasteiger partial charge in [0.1, 0.15) is 5.75 Å². The molecule has 0 amide bonds. The van der Waals surface area contributed by atoms with Gasteiger partial charge in [0.25, 0.3) is 10.0 Å². The molecule has 0 heterocycles. The van der Waals surface area contributed by atoms with Gasteiger partial charge in [-0.15, -0.1) is 0 Å². The molecule has 2 aromatic carbocycles. The van der Waals surface area contributed by atoms with E-state index in [0.29, 0.717) is 17.1 Å². The number of rotatable bonds is 4. The molecule has 0 unspecified atom stereocenters. The maximum atomic E-state index is 12.1. The molecule has 0 radical (unpaired) electrons. The monoisotopic (exact) mass is 278 g/mol. The Bertz CT molecular complexity index is 667. The zero-order valence-electron chi connectivity index (χ0n) is 10.3. The number of hydrogen-bond donors (Lipinski definition) is 2. The van der Waals surface area contributed by atoms with Gasteiger partial charge in [-0.2, -0.15) is 0 Å². The van der Waals surface area contributed by atoms with Crippen LogP contribution in [0.5, 0.6) is 5.75 Å². The molecule has 0 atom stereocenters. The summed E-state index contributed by atoms with van der Waals surface area (Å²) in [5.74, 6) is 0.581. The van der Waals surface area contributed by atoms with Crippen LogP contribution < -0.4 is 15.2 Å². The molecule has 6 heteroatoms. The largest absolute Gasteiger partial charge is 0.497 e. The van der Waals surface area contributed by atoms with E-state index in [1.807, 2.05) is 0 Å². The van der Waals surface area contributed by atoms with Crippen LogP contribution in [0, 0.1) is 0 Å². The Morgan fingerprint density at radius 1 is 1.11 bits per heavy atom. The first kappa shape index (κ1) is 13.2. The number of nitrogen functional groups attached to an aromatic ring is 1. The molecule has 2 aromatic rings. The van der Waals surface area contributed by atoms with Crippen molar-refractivity contribution in [1.29, 1.82) is 0 Å². The molecule has 0 saturated heterocycles. The molecule has 0 saturated carbocycles. The minimum atomic E-state index is -3.62. The first-order chi connectivity index (χ1) is 9.01. The van der Waals surface area contributed by atoms with Crippen molar-refractivity contribution >= 4 is 21.4 Å². The van der Waals surface area contributed by atoms with Crippen LogP contribution >= 0.6 is 0 Å². The van der Waals surface area contributed by atoms with Gasteiger partial charge in [0.2, 0.25) is 0 Å². The number of nitrogens with two attached hydrogens (primary N) is 1. The Morgan fingerprint density at radius 2 is 1.79 bits per heavy atom. The van der Waals surface area contributed by atoms with Crippen LogP contribution in [0.1, 0.15) is 0 Å². The molecule has 5 nitrogen and oxygen atoms in total. The molecule has 0 aromatic heterocycles. The summed E-state index contributed by atoms with van der Waals surface area (Å²) in [6.45, 7) is 0. The third-order valence-corrected chi connectivity index (χ3v) is 3.91. The van der Waals surface area contributed by atoms with Crippen molar-refractivity contribution in [2.75, 3.05) is 17.6 Å². The summed E-state index contributed by atoms with van der Waals surface area (Å²) in [6.07, 6.45) is 0. The predicted octanol–water partition coefficient (Wildman–Crippen LogP) is 2.08. The second-order valence-corrected chi connectivity index (χ2v) is 5.59. The maximum Gasteiger partial charge on any atom is 0.261 e. The number of methoxy groups -OCH3 is 1. The van der Waals surface area contributed by atoms with Crippen LogP contribution in [0.2, 0.25) is 0 Å². The van der Waals surface area contributed by atoms with Crippen LogP contribution in [-0.4, -0.2) is 15.5 Å². The average molecular weight is 278 g/mol. The molecule has 3 N–H and O–H groups in total. The predicted molar refractivity (Wildman–Crippen MR) is 74.7 cm³/mol. The SMILES string of the molecule is COc1cccc(NS(=O)(=O)c2ccc(N)cc2)c1. The van der Waals surface area contributed by atoms with E-state index in [4.69, 9.17) is 10.5 Å². The van der Waals surface area contributed by atoms with E-state index >= 15 is 0 Å². The van der Waals surface area contributed by atoms with Gasteiger partial charge in [-0.3, -0.25) is 4.72 Å². The van der Waals surface area contributed by atoms with Crippen molar-refractivity contribution in [3.63, 3.8) is 0 Å². The number of nitrogens with one attached hydrogen (secondary N) is 1. The second-order valence-electron chi connectivity index (χ2n) is 3.91. The van der Waals surface area contributed by atoms with Crippen molar-refractivity contribution in [3.8, 4) is 5.75 Å². The zero-order valence-corrected chi connectivity index (χ0v) is 11.1. The average Bonchev–Trinajstić information content (AvgIpc) is 2.39. The van der Waals surface area contributed by atoms with E-state index in [2.05, 4.69) is 4.72 Å². The number of anilines is 2. The van der Waals surface area contributed by atoms with Crippen LogP contribution in [-0.2, 0) is 10.0 Å². The van der Waals surface area contributed by atoms with Crippen LogP contribution in [0.15, 0.2) is 53.4 Å². The van der Waals surface area contributed by atoms with Crippen LogP contribution in [0.3, 0.4) is 0 Å². The number of sulfonamides is 1. The number of hydrogen-bond acceptors (Lipinski definition) is 4. The van der Waals surface area contributed by atoms with E-state index in [1.165, 1.54) is 19.2 Å². The highest BCUT2D eigenvalue weighted by Gasteiger charge is 2.13. The van der Waals surface area contributed by atoms with E-state index in [1.54, 1.807) is 36.4 Å². The molecule has 0 aliphatic heterocycles. The molecule has 2 rings (SSSR count). The summed E-state index contributed by atoms with van der Waals surface area (Å²) in [5.41, 5.74) is 6.48. The van der Waals surface area contributed by atoms with E-state index in [0.717, 1.165) is 0 Å². The first-order valence-electron chi connectivity index (χ1n) is 5.54. The van der Waals surface area contributed by atoms with Gasteiger partial charge in [0.05, 0.1) is 17.7 Å². The lowest BCUT2D eigenvalue weighted by molar-refractivity contribution is 0.415. The minimum absolute atomic E-state index is 0.157. The Labute approximate surface area is 112 Å². The number of benzene rings is 2. The smallest absolute Gasteiger partial charge is 0.261 e. The summed E-state index contributed by atoms with van der Waals surface area (Å²) in [5, 5.41) is 0. The third kappa shape index (κ3) is 3.17. The normalized spacial score (nSPS) is 11.0. The highest BCUT2D eigenvalue weighted by atomic mass is 32.2. The lowest BCUT2D eigenvalue weighted by atomic mass is 10.3. The number of ether oxygens (including phenoxy) is 1. The minimum Gasteiger partial charge on any atom is -0.497 e. The molecular weight excluding hydrogens is 264 g/mol. The van der Waals surface area contributed by atoms with E-state index in [-0.39, 0.29) is 4.90 Å². The molecule has 0 fully saturated rings. The van der Waals surface area contributed by atoms with Crippen molar-refractivity contribution in [1.82, 2.24) is 0 Å². The fourth-order valence-electron chi connectivity index (χ4n) is 1.55. The lowest BCUT2D eigenvalue weighted by Crippen LogP contribution is -2.12. The molecule has 0 aliphatic rings. The standard InChI is InChI=1S/C13H14N2O3S/c1-18-12-4-2-3-11(9-12)15-19(16,17)13-7-5-10(14)6-8-13/h2-9,15H,14H2,1H3. The molecule has 0 spiro atoms. The Balaban J connectivity index is 2.28. The Hall–Kier alpha value is -2.21. The highest BCUT2D eigenvalue weighted by molar-refractivity contribution is 7.92. The van der Waals surface area contributed by atoms with Gasteiger partial charge < -0.3 is 10.5 Å². The first-order valence-corrected chi connectivity index (χ1v) is 7.02. The molecule has 0 aliphatic carbocycles. The Morgan fingerprint density at radius 3 is 2.42 bits per heavy atom. The third-order valence-electron chi connectivity index (χ3n) is 2.51. The van der Waals surface area contributed by atoms with E-state index < -0.39 is 10.0 Å². The summed E-state index contributed by atoms with van der Waals surface area (Å²) in [7, 11) is -2.09. The van der Waals surface area contributed by atoms with Crippen LogP contribution in [0.25, 0.3) is 0 Å². The van der Waals surface area contributed by atoms with E-state index in [9.17, 15) is 8.42 Å². The van der Waals surface area contributed by atoms with Gasteiger partial charge in [0, 0.05) is 11.8 Å². The fourth-order valence-corrected chi connectivity index (χ4v) is 2.60. The van der Waals surface area contributed by atoms with Gasteiger partial charge in [-0.05, 0) is 36.4 Å². The summed E-state index contributed by atoms with van der Waals surface area (Å²) < 4.78 is 31.8. The Kier molecular flexibility index (Phi) is 3.62. The topological polar surface area (TPSA) is 81.4 Å². The van der Waals surface area contributed by atoms with Crippen molar-refractivity contribution < 1.29 is 13.2 Å². The molecular formula is C13H14N2O3S. The maximum absolute atomic E-state index is 12.1. The second kappa shape index (κ2) is 5.19. The van der Waals surface area contributed by atoms with Crippen molar-refractivity contribution in [2.45, 2.75) is 4.90 Å². The van der Waals surface area contributed by atoms with Crippen molar-refractivity contribution in [3.05, 3.63) is 48.5 Å². The van der Waals surface area contributed by atoms with Gasteiger partial charge in [0.15, 0.2) is 0 Å². The molecule has 0 bridgehead atoms. The fraction of sp³-hybridized carbons (Fsp3) is 0.0769. The van der Waals surface area contributed by atoms with Crippen molar-refractivity contribution in [2.24, 2.45) is 0 Å². The van der Waals surface area contributed by atoms with Gasteiger partial charge in [-0.25, -0.2) is 8.42 Å². The lowest BCUT2D eigenvalue weighted by Gasteiger charge is -2.09. The quantitative estimate of drug-likeness (QED) is 0.839. The molecule has 19 heavy (non-hydrogen) atoms. The highest BCUT2D eigenvalue weighted by Crippen LogP contribution is 2.21. The summed E-state index contributed by atoms with van der Waals surface area (Å²) in [4.78, 5) is 0.157. The van der Waals surface area contributed by atoms with Crippen LogP contribution in [0.4, 0.5) is 11.4 Å².